The minimum atomic E-state index is -3.90. The third kappa shape index (κ3) is 3.55. The van der Waals surface area contributed by atoms with Crippen molar-refractivity contribution in [2.45, 2.75) is 24.7 Å². The van der Waals surface area contributed by atoms with Crippen LogP contribution in [0.4, 0.5) is 10.1 Å². The standard InChI is InChI=1S/C10H14ClFN2O2S/c1-2-3-4-14-17(15,16)9-6-7(11)5-8(13)10(9)12/h5-6,14H,2-4,13H2,1H3. The number of sulfonamides is 1. The van der Waals surface area contributed by atoms with Crippen molar-refractivity contribution in [2.24, 2.45) is 0 Å². The molecule has 0 unspecified atom stereocenters. The lowest BCUT2D eigenvalue weighted by Crippen LogP contribution is -2.25. The fourth-order valence-electron chi connectivity index (χ4n) is 1.24. The Morgan fingerprint density at radius 1 is 1.47 bits per heavy atom. The predicted octanol–water partition coefficient (Wildman–Crippen LogP) is 2.14. The van der Waals surface area contributed by atoms with Gasteiger partial charge in [-0.25, -0.2) is 17.5 Å². The summed E-state index contributed by atoms with van der Waals surface area (Å²) in [6.07, 6.45) is 1.51. The van der Waals surface area contributed by atoms with Crippen LogP contribution in [0.2, 0.25) is 5.02 Å². The van der Waals surface area contributed by atoms with Crippen LogP contribution in [0, 0.1) is 5.82 Å². The summed E-state index contributed by atoms with van der Waals surface area (Å²) in [5.74, 6) is -0.974. The molecule has 1 aromatic carbocycles. The molecule has 0 aliphatic heterocycles. The minimum Gasteiger partial charge on any atom is -0.396 e. The molecule has 0 aliphatic carbocycles. The van der Waals surface area contributed by atoms with E-state index in [9.17, 15) is 12.8 Å². The van der Waals surface area contributed by atoms with E-state index >= 15 is 0 Å². The van der Waals surface area contributed by atoms with Crippen molar-refractivity contribution in [3.8, 4) is 0 Å². The Morgan fingerprint density at radius 3 is 2.71 bits per heavy atom. The molecule has 0 radical (unpaired) electrons. The molecular formula is C10H14ClFN2O2S. The number of benzene rings is 1. The molecule has 17 heavy (non-hydrogen) atoms. The van der Waals surface area contributed by atoms with Crippen molar-refractivity contribution in [1.82, 2.24) is 4.72 Å². The Balaban J connectivity index is 3.06. The van der Waals surface area contributed by atoms with Crippen LogP contribution in [-0.4, -0.2) is 15.0 Å². The Morgan fingerprint density at radius 2 is 2.12 bits per heavy atom. The van der Waals surface area contributed by atoms with Gasteiger partial charge in [0.1, 0.15) is 4.90 Å². The number of halogens is 2. The van der Waals surface area contributed by atoms with Crippen molar-refractivity contribution >= 4 is 27.3 Å². The summed E-state index contributed by atoms with van der Waals surface area (Å²) in [7, 11) is -3.90. The molecule has 1 aromatic rings. The summed E-state index contributed by atoms with van der Waals surface area (Å²) in [4.78, 5) is -0.515. The lowest BCUT2D eigenvalue weighted by molar-refractivity contribution is 0.557. The second-order valence-electron chi connectivity index (χ2n) is 3.56. The van der Waals surface area contributed by atoms with Crippen molar-refractivity contribution < 1.29 is 12.8 Å². The Labute approximate surface area is 105 Å². The van der Waals surface area contributed by atoms with E-state index in [-0.39, 0.29) is 17.3 Å². The molecule has 0 aliphatic rings. The summed E-state index contributed by atoms with van der Waals surface area (Å²) in [5, 5.41) is 0.0831. The molecule has 0 saturated heterocycles. The van der Waals surface area contributed by atoms with Gasteiger partial charge in [0.05, 0.1) is 5.69 Å². The van der Waals surface area contributed by atoms with E-state index in [1.54, 1.807) is 0 Å². The molecular weight excluding hydrogens is 267 g/mol. The van der Waals surface area contributed by atoms with Gasteiger partial charge in [0.2, 0.25) is 10.0 Å². The van der Waals surface area contributed by atoms with Gasteiger partial charge in [-0.3, -0.25) is 0 Å². The van der Waals surface area contributed by atoms with Crippen LogP contribution >= 0.6 is 11.6 Å². The molecule has 1 rings (SSSR count). The van der Waals surface area contributed by atoms with Gasteiger partial charge in [-0.1, -0.05) is 24.9 Å². The van der Waals surface area contributed by atoms with E-state index < -0.39 is 20.7 Å². The normalized spacial score (nSPS) is 11.7. The van der Waals surface area contributed by atoms with Crippen molar-refractivity contribution in [3.63, 3.8) is 0 Å². The van der Waals surface area contributed by atoms with E-state index in [2.05, 4.69) is 4.72 Å². The number of rotatable bonds is 5. The molecule has 0 amide bonds. The summed E-state index contributed by atoms with van der Waals surface area (Å²) in [6, 6.07) is 2.21. The van der Waals surface area contributed by atoms with Gasteiger partial charge < -0.3 is 5.73 Å². The first-order valence-corrected chi connectivity index (χ1v) is 6.98. The second kappa shape index (κ2) is 5.66. The smallest absolute Gasteiger partial charge is 0.243 e. The number of nitrogens with one attached hydrogen (secondary N) is 1. The fourth-order valence-corrected chi connectivity index (χ4v) is 2.74. The number of anilines is 1. The molecule has 96 valence electrons. The lowest BCUT2D eigenvalue weighted by Gasteiger charge is -2.09. The molecule has 0 aromatic heterocycles. The molecule has 0 atom stereocenters. The molecule has 0 heterocycles. The van der Waals surface area contributed by atoms with E-state index in [1.165, 1.54) is 6.07 Å². The SMILES string of the molecule is CCCCNS(=O)(=O)c1cc(Cl)cc(N)c1F. The maximum Gasteiger partial charge on any atom is 0.243 e. The second-order valence-corrected chi connectivity index (χ2v) is 5.73. The van der Waals surface area contributed by atoms with Crippen LogP contribution in [0.1, 0.15) is 19.8 Å². The summed E-state index contributed by atoms with van der Waals surface area (Å²) in [6.45, 7) is 2.18. The zero-order chi connectivity index (χ0) is 13.1. The van der Waals surface area contributed by atoms with Gasteiger partial charge >= 0.3 is 0 Å². The third-order valence-electron chi connectivity index (χ3n) is 2.14. The van der Waals surface area contributed by atoms with Crippen molar-refractivity contribution in [3.05, 3.63) is 23.0 Å². The molecule has 3 N–H and O–H groups in total. The monoisotopic (exact) mass is 280 g/mol. The number of hydrogen-bond acceptors (Lipinski definition) is 3. The van der Waals surface area contributed by atoms with Gasteiger partial charge in [-0.2, -0.15) is 0 Å². The van der Waals surface area contributed by atoms with Gasteiger partial charge in [0, 0.05) is 11.6 Å². The average Bonchev–Trinajstić information content (AvgIpc) is 2.23. The van der Waals surface area contributed by atoms with E-state index in [0.29, 0.717) is 6.42 Å². The first kappa shape index (κ1) is 14.2. The fraction of sp³-hybridized carbons (Fsp3) is 0.400. The maximum atomic E-state index is 13.6. The largest absolute Gasteiger partial charge is 0.396 e. The van der Waals surface area contributed by atoms with Gasteiger partial charge in [-0.05, 0) is 18.6 Å². The topological polar surface area (TPSA) is 72.2 Å². The zero-order valence-corrected chi connectivity index (χ0v) is 10.9. The van der Waals surface area contributed by atoms with E-state index in [1.807, 2.05) is 6.92 Å². The number of hydrogen-bond donors (Lipinski definition) is 2. The lowest BCUT2D eigenvalue weighted by atomic mass is 10.3. The summed E-state index contributed by atoms with van der Waals surface area (Å²) < 4.78 is 39.4. The highest BCUT2D eigenvalue weighted by Crippen LogP contribution is 2.24. The Kier molecular flexibility index (Phi) is 4.73. The van der Waals surface area contributed by atoms with Gasteiger partial charge in [-0.15, -0.1) is 0 Å². The van der Waals surface area contributed by atoms with E-state index in [0.717, 1.165) is 12.5 Å². The first-order valence-electron chi connectivity index (χ1n) is 5.12. The maximum absolute atomic E-state index is 13.6. The van der Waals surface area contributed by atoms with Crippen LogP contribution in [0.3, 0.4) is 0 Å². The molecule has 0 bridgehead atoms. The van der Waals surface area contributed by atoms with E-state index in [4.69, 9.17) is 17.3 Å². The third-order valence-corrected chi connectivity index (χ3v) is 3.82. The van der Waals surface area contributed by atoms with Gasteiger partial charge in [0.15, 0.2) is 5.82 Å². The minimum absolute atomic E-state index is 0.0831. The average molecular weight is 281 g/mol. The molecule has 0 fully saturated rings. The van der Waals surface area contributed by atoms with Crippen LogP contribution in [0.25, 0.3) is 0 Å². The molecule has 7 heteroatoms. The molecule has 4 nitrogen and oxygen atoms in total. The van der Waals surface area contributed by atoms with Crippen molar-refractivity contribution in [1.29, 1.82) is 0 Å². The van der Waals surface area contributed by atoms with Crippen LogP contribution < -0.4 is 10.5 Å². The molecule has 0 saturated carbocycles. The first-order chi connectivity index (χ1) is 7.88. The summed E-state index contributed by atoms with van der Waals surface area (Å²) in [5.41, 5.74) is 5.04. The van der Waals surface area contributed by atoms with Crippen LogP contribution in [0.5, 0.6) is 0 Å². The van der Waals surface area contributed by atoms with Crippen LogP contribution in [0.15, 0.2) is 17.0 Å². The van der Waals surface area contributed by atoms with Crippen LogP contribution in [-0.2, 0) is 10.0 Å². The number of unbranched alkanes of at least 4 members (excludes halogenated alkanes) is 1. The highest BCUT2D eigenvalue weighted by atomic mass is 35.5. The predicted molar refractivity (Wildman–Crippen MR) is 65.9 cm³/mol. The molecule has 0 spiro atoms. The quantitative estimate of drug-likeness (QED) is 0.641. The number of nitrogens with two attached hydrogens (primary N) is 1. The number of nitrogen functional groups attached to an aromatic ring is 1. The summed E-state index contributed by atoms with van der Waals surface area (Å²) >= 11 is 5.65. The zero-order valence-electron chi connectivity index (χ0n) is 9.33. The Bertz CT molecular complexity index is 505. The Hall–Kier alpha value is -0.850. The van der Waals surface area contributed by atoms with Gasteiger partial charge in [0.25, 0.3) is 0 Å². The highest BCUT2D eigenvalue weighted by Gasteiger charge is 2.21. The highest BCUT2D eigenvalue weighted by molar-refractivity contribution is 7.89. The van der Waals surface area contributed by atoms with Crippen molar-refractivity contribution in [2.75, 3.05) is 12.3 Å².